The number of aryl methyl sites for hydroxylation is 2. The molecule has 1 aromatic heterocycles. The number of hydrogen-bond donors (Lipinski definition) is 1. The van der Waals surface area contributed by atoms with Gasteiger partial charge in [0.1, 0.15) is 5.69 Å². The van der Waals surface area contributed by atoms with Crippen LogP contribution >= 0.6 is 0 Å². The lowest BCUT2D eigenvalue weighted by molar-refractivity contribution is -0.0862. The minimum Gasteiger partial charge on any atom is -0.389 e. The van der Waals surface area contributed by atoms with Crippen LogP contribution in [0.25, 0.3) is 0 Å². The molecule has 5 nitrogen and oxygen atoms in total. The predicted molar refractivity (Wildman–Crippen MR) is 87.3 cm³/mol. The van der Waals surface area contributed by atoms with E-state index in [1.165, 1.54) is 18.4 Å². The number of likely N-dealkylation sites (tertiary alicyclic amines) is 1. The Bertz CT molecular complexity index is 610. The van der Waals surface area contributed by atoms with Crippen LogP contribution in [0.3, 0.4) is 0 Å². The summed E-state index contributed by atoms with van der Waals surface area (Å²) < 4.78 is 1.78. The van der Waals surface area contributed by atoms with Crippen molar-refractivity contribution >= 4 is 5.91 Å². The normalized spacial score (nSPS) is 24.2. The fraction of sp³-hybridized carbons (Fsp3) is 0.778. The summed E-state index contributed by atoms with van der Waals surface area (Å²) in [6.07, 6.45) is 9.31. The molecule has 5 heteroatoms. The van der Waals surface area contributed by atoms with Crippen molar-refractivity contribution < 1.29 is 9.90 Å². The van der Waals surface area contributed by atoms with Crippen molar-refractivity contribution in [3.8, 4) is 0 Å². The van der Waals surface area contributed by atoms with E-state index < -0.39 is 5.60 Å². The van der Waals surface area contributed by atoms with Crippen LogP contribution in [0.2, 0.25) is 0 Å². The second kappa shape index (κ2) is 5.62. The first kappa shape index (κ1) is 15.2. The van der Waals surface area contributed by atoms with E-state index >= 15 is 0 Å². The highest BCUT2D eigenvalue weighted by Crippen LogP contribution is 2.42. The highest BCUT2D eigenvalue weighted by atomic mass is 16.3. The Morgan fingerprint density at radius 1 is 1.17 bits per heavy atom. The van der Waals surface area contributed by atoms with Crippen LogP contribution in [-0.4, -0.2) is 44.4 Å². The zero-order valence-electron chi connectivity index (χ0n) is 14.1. The molecule has 23 heavy (non-hydrogen) atoms. The highest BCUT2D eigenvalue weighted by Gasteiger charge is 2.43. The van der Waals surface area contributed by atoms with E-state index in [4.69, 9.17) is 0 Å². The van der Waals surface area contributed by atoms with Gasteiger partial charge in [-0.25, -0.2) is 0 Å². The second-order valence-electron chi connectivity index (χ2n) is 7.63. The molecule has 0 unspecified atom stereocenters. The van der Waals surface area contributed by atoms with Gasteiger partial charge in [0.05, 0.1) is 11.3 Å². The molecule has 1 saturated heterocycles. The fourth-order valence-electron chi connectivity index (χ4n) is 4.55. The molecule has 2 aliphatic carbocycles. The van der Waals surface area contributed by atoms with Gasteiger partial charge in [-0.05, 0) is 57.3 Å². The van der Waals surface area contributed by atoms with Gasteiger partial charge in [0.2, 0.25) is 0 Å². The molecule has 0 spiro atoms. The Labute approximate surface area is 137 Å². The van der Waals surface area contributed by atoms with E-state index in [0.717, 1.165) is 56.3 Å². The standard InChI is InChI=1S/C18H27N3O2/c1-20-16(14-7-2-3-8-15(14)19-20)17(22)21-11-9-18(23,10-12-21)13-5-4-6-13/h13,23H,2-12H2,1H3. The number of hydrogen-bond acceptors (Lipinski definition) is 3. The molecule has 0 atom stereocenters. The molecule has 3 aliphatic rings. The van der Waals surface area contributed by atoms with Crippen LogP contribution < -0.4 is 0 Å². The van der Waals surface area contributed by atoms with Gasteiger partial charge in [0.15, 0.2) is 0 Å². The summed E-state index contributed by atoms with van der Waals surface area (Å²) in [5, 5.41) is 15.4. The molecule has 1 aliphatic heterocycles. The Kier molecular flexibility index (Phi) is 3.71. The Balaban J connectivity index is 1.49. The largest absolute Gasteiger partial charge is 0.389 e. The molecule has 0 bridgehead atoms. The number of aromatic nitrogens is 2. The molecule has 2 heterocycles. The molecule has 4 rings (SSSR count). The third-order valence-electron chi connectivity index (χ3n) is 6.30. The van der Waals surface area contributed by atoms with Gasteiger partial charge in [-0.1, -0.05) is 6.42 Å². The number of carbonyl (C=O) groups excluding carboxylic acids is 1. The number of amides is 1. The van der Waals surface area contributed by atoms with Crippen LogP contribution in [0.5, 0.6) is 0 Å². The Morgan fingerprint density at radius 3 is 2.52 bits per heavy atom. The summed E-state index contributed by atoms with van der Waals surface area (Å²) in [6, 6.07) is 0. The summed E-state index contributed by atoms with van der Waals surface area (Å²) in [5.41, 5.74) is 2.54. The lowest BCUT2D eigenvalue weighted by atomic mass is 9.69. The molecule has 1 amide bonds. The quantitative estimate of drug-likeness (QED) is 0.908. The van der Waals surface area contributed by atoms with E-state index in [-0.39, 0.29) is 5.91 Å². The first-order valence-corrected chi connectivity index (χ1v) is 9.15. The number of fused-ring (bicyclic) bond motifs is 1. The SMILES string of the molecule is Cn1nc2c(c1C(=O)N1CCC(O)(C3CCC3)CC1)CCCC2. The van der Waals surface area contributed by atoms with Crippen molar-refractivity contribution in [2.24, 2.45) is 13.0 Å². The fourth-order valence-corrected chi connectivity index (χ4v) is 4.55. The average Bonchev–Trinajstić information content (AvgIpc) is 2.81. The van der Waals surface area contributed by atoms with Crippen LogP contribution in [0.4, 0.5) is 0 Å². The Hall–Kier alpha value is -1.36. The second-order valence-corrected chi connectivity index (χ2v) is 7.63. The molecular formula is C18H27N3O2. The molecule has 0 aromatic carbocycles. The van der Waals surface area contributed by atoms with Gasteiger partial charge in [0.25, 0.3) is 5.91 Å². The molecule has 126 valence electrons. The number of piperidine rings is 1. The van der Waals surface area contributed by atoms with E-state index in [1.807, 2.05) is 11.9 Å². The number of carbonyl (C=O) groups is 1. The average molecular weight is 317 g/mol. The molecule has 2 fully saturated rings. The van der Waals surface area contributed by atoms with Crippen molar-refractivity contribution in [1.29, 1.82) is 0 Å². The summed E-state index contributed by atoms with van der Waals surface area (Å²) >= 11 is 0. The first-order valence-electron chi connectivity index (χ1n) is 9.15. The number of aliphatic hydroxyl groups is 1. The maximum absolute atomic E-state index is 13.0. The third kappa shape index (κ3) is 2.49. The number of nitrogens with zero attached hydrogens (tertiary/aromatic N) is 3. The van der Waals surface area contributed by atoms with Gasteiger partial charge in [0, 0.05) is 25.7 Å². The minimum absolute atomic E-state index is 0.110. The molecule has 1 aromatic rings. The molecule has 0 radical (unpaired) electrons. The summed E-state index contributed by atoms with van der Waals surface area (Å²) in [6.45, 7) is 1.34. The van der Waals surface area contributed by atoms with E-state index in [2.05, 4.69) is 5.10 Å². The van der Waals surface area contributed by atoms with Crippen LogP contribution in [0.15, 0.2) is 0 Å². The van der Waals surface area contributed by atoms with Crippen molar-refractivity contribution in [2.75, 3.05) is 13.1 Å². The van der Waals surface area contributed by atoms with Crippen molar-refractivity contribution in [3.05, 3.63) is 17.0 Å². The van der Waals surface area contributed by atoms with Crippen LogP contribution in [-0.2, 0) is 19.9 Å². The zero-order chi connectivity index (χ0) is 16.0. The molecular weight excluding hydrogens is 290 g/mol. The lowest BCUT2D eigenvalue weighted by Crippen LogP contribution is -2.52. The van der Waals surface area contributed by atoms with Gasteiger partial charge in [-0.3, -0.25) is 9.48 Å². The molecule has 1 N–H and O–H groups in total. The molecule has 1 saturated carbocycles. The van der Waals surface area contributed by atoms with Crippen molar-refractivity contribution in [3.63, 3.8) is 0 Å². The Morgan fingerprint density at radius 2 is 1.87 bits per heavy atom. The first-order chi connectivity index (χ1) is 11.1. The van der Waals surface area contributed by atoms with E-state index in [0.29, 0.717) is 19.0 Å². The van der Waals surface area contributed by atoms with Gasteiger partial charge < -0.3 is 10.0 Å². The van der Waals surface area contributed by atoms with E-state index in [9.17, 15) is 9.90 Å². The summed E-state index contributed by atoms with van der Waals surface area (Å²) in [7, 11) is 1.89. The number of rotatable bonds is 2. The monoisotopic (exact) mass is 317 g/mol. The van der Waals surface area contributed by atoms with Gasteiger partial charge >= 0.3 is 0 Å². The van der Waals surface area contributed by atoms with Crippen LogP contribution in [0.1, 0.15) is 66.7 Å². The topological polar surface area (TPSA) is 58.4 Å². The summed E-state index contributed by atoms with van der Waals surface area (Å²) in [5.74, 6) is 0.572. The van der Waals surface area contributed by atoms with Crippen molar-refractivity contribution in [1.82, 2.24) is 14.7 Å². The van der Waals surface area contributed by atoms with E-state index in [1.54, 1.807) is 4.68 Å². The van der Waals surface area contributed by atoms with Crippen molar-refractivity contribution in [2.45, 2.75) is 63.4 Å². The van der Waals surface area contributed by atoms with Gasteiger partial charge in [-0.2, -0.15) is 5.10 Å². The third-order valence-corrected chi connectivity index (χ3v) is 6.30. The maximum Gasteiger partial charge on any atom is 0.272 e. The maximum atomic E-state index is 13.0. The lowest BCUT2D eigenvalue weighted by Gasteiger charge is -2.46. The highest BCUT2D eigenvalue weighted by molar-refractivity contribution is 5.94. The minimum atomic E-state index is -0.527. The zero-order valence-corrected chi connectivity index (χ0v) is 14.1. The van der Waals surface area contributed by atoms with Gasteiger partial charge in [-0.15, -0.1) is 0 Å². The summed E-state index contributed by atoms with van der Waals surface area (Å²) in [4.78, 5) is 14.9. The van der Waals surface area contributed by atoms with Crippen LogP contribution in [0, 0.1) is 5.92 Å². The predicted octanol–water partition coefficient (Wildman–Crippen LogP) is 2.07. The smallest absolute Gasteiger partial charge is 0.272 e.